The summed E-state index contributed by atoms with van der Waals surface area (Å²) in [6, 6.07) is 7.22. The highest BCUT2D eigenvalue weighted by atomic mass is 32.2. The summed E-state index contributed by atoms with van der Waals surface area (Å²) in [5, 5.41) is 0. The number of aryl methyl sites for hydroxylation is 2. The maximum absolute atomic E-state index is 13.7. The van der Waals surface area contributed by atoms with Gasteiger partial charge in [0, 0.05) is 39.3 Å². The fourth-order valence-corrected chi connectivity index (χ4v) is 5.15. The van der Waals surface area contributed by atoms with E-state index >= 15 is 0 Å². The third-order valence-corrected chi connectivity index (χ3v) is 7.22. The molecule has 0 aliphatic carbocycles. The minimum Gasteiger partial charge on any atom is -0.341 e. The van der Waals surface area contributed by atoms with Crippen molar-refractivity contribution in [1.82, 2.24) is 18.7 Å². The van der Waals surface area contributed by atoms with Gasteiger partial charge in [-0.25, -0.2) is 13.2 Å². The number of nitrogens with two attached hydrogens (primary N) is 1. The van der Waals surface area contributed by atoms with Crippen LogP contribution in [0.15, 0.2) is 45.5 Å². The highest BCUT2D eigenvalue weighted by Gasteiger charge is 2.26. The lowest BCUT2D eigenvalue weighted by molar-refractivity contribution is 0.495. The Bertz CT molecular complexity index is 1470. The van der Waals surface area contributed by atoms with Crippen LogP contribution >= 0.6 is 0 Å². The van der Waals surface area contributed by atoms with Crippen molar-refractivity contribution in [3.63, 3.8) is 0 Å². The summed E-state index contributed by atoms with van der Waals surface area (Å²) in [6.45, 7) is 6.13. The number of hydrogen-bond donors (Lipinski definition) is 2. The van der Waals surface area contributed by atoms with Crippen LogP contribution in [0.3, 0.4) is 0 Å². The Labute approximate surface area is 211 Å². The fourth-order valence-electron chi connectivity index (χ4n) is 4.64. The molecule has 0 radical (unpaired) electrons. The minimum atomic E-state index is -2.49. The van der Waals surface area contributed by atoms with Gasteiger partial charge in [0.25, 0.3) is 5.56 Å². The zero-order valence-corrected chi connectivity index (χ0v) is 21.9. The average Bonchev–Trinajstić information content (AvgIpc) is 3.22. The first kappa shape index (κ1) is 25.9. The summed E-state index contributed by atoms with van der Waals surface area (Å²) in [4.78, 5) is 33.7. The molecular formula is C25H34N6O4S. The molecule has 194 valence electrons. The highest BCUT2D eigenvalue weighted by Crippen LogP contribution is 2.23. The van der Waals surface area contributed by atoms with Crippen molar-refractivity contribution in [2.45, 2.75) is 58.0 Å². The number of hydrogen-bond acceptors (Lipinski definition) is 7. The van der Waals surface area contributed by atoms with Crippen LogP contribution in [-0.2, 0) is 43.0 Å². The van der Waals surface area contributed by atoms with Crippen molar-refractivity contribution in [2.24, 2.45) is 12.8 Å². The molecule has 11 heteroatoms. The van der Waals surface area contributed by atoms with Crippen LogP contribution < -0.4 is 21.9 Å². The number of piperidine rings is 1. The van der Waals surface area contributed by atoms with E-state index in [0.29, 0.717) is 42.2 Å². The second-order valence-corrected chi connectivity index (χ2v) is 10.7. The largest absolute Gasteiger partial charge is 0.341 e. The first-order chi connectivity index (χ1) is 17.2. The molecule has 2 N–H and O–H groups in total. The summed E-state index contributed by atoms with van der Waals surface area (Å²) in [5.74, 6) is 0.654. The number of rotatable bonds is 8. The van der Waals surface area contributed by atoms with Gasteiger partial charge in [-0.2, -0.15) is 4.98 Å². The SMILES string of the molecule is CC(C)=CCn1c(N2CCCC(N)C2)nc2c1c(=O)n(CCc1ccc(C[SH](=O)=O)cc1)c(=O)n2C. The van der Waals surface area contributed by atoms with E-state index in [-0.39, 0.29) is 23.9 Å². The van der Waals surface area contributed by atoms with Gasteiger partial charge in [0.2, 0.25) is 5.95 Å². The van der Waals surface area contributed by atoms with Crippen molar-refractivity contribution in [3.8, 4) is 0 Å². The van der Waals surface area contributed by atoms with Crippen LogP contribution in [0.5, 0.6) is 0 Å². The lowest BCUT2D eigenvalue weighted by Crippen LogP contribution is -2.44. The maximum atomic E-state index is 13.7. The van der Waals surface area contributed by atoms with Crippen molar-refractivity contribution in [1.29, 1.82) is 0 Å². The molecule has 2 aromatic heterocycles. The van der Waals surface area contributed by atoms with Gasteiger partial charge in [0.05, 0.1) is 5.75 Å². The molecule has 0 saturated carbocycles. The number of aromatic nitrogens is 4. The average molecular weight is 515 g/mol. The molecule has 1 unspecified atom stereocenters. The molecule has 1 aliphatic heterocycles. The van der Waals surface area contributed by atoms with Gasteiger partial charge in [-0.15, -0.1) is 0 Å². The summed E-state index contributed by atoms with van der Waals surface area (Å²) in [6.07, 6.45) is 4.40. The van der Waals surface area contributed by atoms with E-state index < -0.39 is 16.4 Å². The molecule has 1 saturated heterocycles. The van der Waals surface area contributed by atoms with Gasteiger partial charge in [0.15, 0.2) is 11.2 Å². The number of thiol groups is 1. The lowest BCUT2D eigenvalue weighted by atomic mass is 10.1. The molecule has 36 heavy (non-hydrogen) atoms. The maximum Gasteiger partial charge on any atom is 0.332 e. The van der Waals surface area contributed by atoms with Gasteiger partial charge in [-0.3, -0.25) is 13.9 Å². The second-order valence-electron chi connectivity index (χ2n) is 9.68. The lowest BCUT2D eigenvalue weighted by Gasteiger charge is -2.31. The van der Waals surface area contributed by atoms with E-state index in [0.717, 1.165) is 30.5 Å². The third kappa shape index (κ3) is 5.46. The number of nitrogens with zero attached hydrogens (tertiary/aromatic N) is 5. The Morgan fingerprint density at radius 1 is 1.14 bits per heavy atom. The van der Waals surface area contributed by atoms with E-state index in [4.69, 9.17) is 10.7 Å². The monoisotopic (exact) mass is 514 g/mol. The quantitative estimate of drug-likeness (QED) is 0.341. The molecule has 0 amide bonds. The number of imidazole rings is 1. The van der Waals surface area contributed by atoms with Gasteiger partial charge >= 0.3 is 5.69 Å². The number of anilines is 1. The zero-order chi connectivity index (χ0) is 26.0. The molecule has 1 atom stereocenters. The van der Waals surface area contributed by atoms with Gasteiger partial charge in [0.1, 0.15) is 10.7 Å². The topological polar surface area (TPSA) is 125 Å². The van der Waals surface area contributed by atoms with Crippen LogP contribution in [0, 0.1) is 0 Å². The third-order valence-electron chi connectivity index (χ3n) is 6.59. The Morgan fingerprint density at radius 3 is 2.47 bits per heavy atom. The number of allylic oxidation sites excluding steroid dienone is 2. The zero-order valence-electron chi connectivity index (χ0n) is 21.0. The van der Waals surface area contributed by atoms with Crippen LogP contribution in [0.25, 0.3) is 11.2 Å². The smallest absolute Gasteiger partial charge is 0.332 e. The predicted molar refractivity (Wildman–Crippen MR) is 142 cm³/mol. The van der Waals surface area contributed by atoms with Crippen molar-refractivity contribution in [2.75, 3.05) is 18.0 Å². The van der Waals surface area contributed by atoms with Gasteiger partial charge in [-0.1, -0.05) is 35.9 Å². The van der Waals surface area contributed by atoms with Crippen LogP contribution in [0.2, 0.25) is 0 Å². The minimum absolute atomic E-state index is 0.00773. The number of fused-ring (bicyclic) bond motifs is 1. The Balaban J connectivity index is 1.75. The molecule has 4 rings (SSSR count). The number of benzene rings is 1. The van der Waals surface area contributed by atoms with Gasteiger partial charge in [-0.05, 0) is 44.2 Å². The highest BCUT2D eigenvalue weighted by molar-refractivity contribution is 7.71. The molecule has 1 aromatic carbocycles. The van der Waals surface area contributed by atoms with Crippen LogP contribution in [-0.4, -0.2) is 46.2 Å². The van der Waals surface area contributed by atoms with E-state index in [9.17, 15) is 18.0 Å². The molecule has 10 nitrogen and oxygen atoms in total. The van der Waals surface area contributed by atoms with Crippen molar-refractivity contribution < 1.29 is 8.42 Å². The fraction of sp³-hybridized carbons (Fsp3) is 0.480. The van der Waals surface area contributed by atoms with Crippen LogP contribution in [0.1, 0.15) is 37.8 Å². The van der Waals surface area contributed by atoms with E-state index in [1.807, 2.05) is 36.6 Å². The molecule has 0 spiro atoms. The summed E-state index contributed by atoms with van der Waals surface area (Å²) >= 11 is 0. The standard InChI is InChI=1S/C25H34N6O4S/c1-17(2)10-13-30-21-22(27-24(30)29-12-4-5-20(26)15-29)28(3)25(33)31(23(21)32)14-11-18-6-8-19(9-7-18)16-36(34)35/h6-10,20,36H,4-5,11-16,26H2,1-3H3. The predicted octanol–water partition coefficient (Wildman–Crippen LogP) is 1.14. The Morgan fingerprint density at radius 2 is 1.83 bits per heavy atom. The Kier molecular flexibility index (Phi) is 7.79. The van der Waals surface area contributed by atoms with E-state index in [1.165, 1.54) is 9.13 Å². The molecule has 0 bridgehead atoms. The molecule has 1 aliphatic rings. The van der Waals surface area contributed by atoms with Gasteiger partial charge < -0.3 is 15.2 Å². The second kappa shape index (κ2) is 10.8. The Hall–Kier alpha value is -3.18. The first-order valence-electron chi connectivity index (χ1n) is 12.2. The summed E-state index contributed by atoms with van der Waals surface area (Å²) in [5.41, 5.74) is 8.95. The van der Waals surface area contributed by atoms with Crippen LogP contribution in [0.4, 0.5) is 5.95 Å². The summed E-state index contributed by atoms with van der Waals surface area (Å²) < 4.78 is 26.5. The first-order valence-corrected chi connectivity index (χ1v) is 13.6. The normalized spacial score (nSPS) is 16.1. The van der Waals surface area contributed by atoms with E-state index in [2.05, 4.69) is 4.90 Å². The van der Waals surface area contributed by atoms with E-state index in [1.54, 1.807) is 19.2 Å². The van der Waals surface area contributed by atoms with Crippen molar-refractivity contribution >= 4 is 27.8 Å². The molecular weight excluding hydrogens is 480 g/mol. The molecule has 3 heterocycles. The van der Waals surface area contributed by atoms with Crippen molar-refractivity contribution in [3.05, 3.63) is 67.9 Å². The summed E-state index contributed by atoms with van der Waals surface area (Å²) in [7, 11) is -0.846. The molecule has 1 fully saturated rings. The molecule has 3 aromatic rings.